The molecule has 4 atom stereocenters. The zero-order valence-electron chi connectivity index (χ0n) is 26.4. The monoisotopic (exact) mass is 612 g/mol. The Kier molecular flexibility index (Phi) is 12.5. The topological polar surface area (TPSA) is 89.5 Å². The molecule has 9 heteroatoms. The van der Waals surface area contributed by atoms with E-state index in [1.165, 1.54) is 7.11 Å². The Bertz CT molecular complexity index is 1350. The van der Waals surface area contributed by atoms with Gasteiger partial charge in [0.05, 0.1) is 59.9 Å². The number of benzene rings is 3. The molecule has 0 saturated carbocycles. The fourth-order valence-electron chi connectivity index (χ4n) is 5.06. The second kappa shape index (κ2) is 15.8. The van der Waals surface area contributed by atoms with E-state index in [-0.39, 0.29) is 6.61 Å². The van der Waals surface area contributed by atoms with Crippen LogP contribution in [-0.2, 0) is 38.1 Å². The second-order valence-electron chi connectivity index (χ2n) is 11.1. The molecule has 0 aliphatic carbocycles. The molecule has 0 N–H and O–H groups in total. The van der Waals surface area contributed by atoms with Crippen LogP contribution in [0.15, 0.2) is 66.7 Å². The van der Waals surface area contributed by atoms with Crippen LogP contribution in [-0.4, -0.2) is 57.1 Å². The maximum atomic E-state index is 14.4. The molecule has 0 bridgehead atoms. The zero-order chi connectivity index (χ0) is 31.6. The first-order valence-corrected chi connectivity index (χ1v) is 15.3. The van der Waals surface area contributed by atoms with Gasteiger partial charge in [0, 0.05) is 21.5 Å². The molecule has 0 amide bonds. The Morgan fingerprint density at radius 3 is 1.88 bits per heavy atom. The van der Waals surface area contributed by atoms with Crippen LogP contribution < -0.4 is 18.9 Å². The summed E-state index contributed by atoms with van der Waals surface area (Å²) in [7, 11) is 6.19. The smallest absolute Gasteiger partial charge is 0.309 e. The Balaban J connectivity index is 2.16. The highest BCUT2D eigenvalue weighted by molar-refractivity contribution is 7.86. The zero-order valence-corrected chi connectivity index (χ0v) is 27.2. The lowest BCUT2D eigenvalue weighted by atomic mass is 9.82. The number of carbonyl (C=O) groups is 1. The first-order chi connectivity index (χ1) is 20.6. The number of carbonyl (C=O) groups excluding carboxylic acids is 1. The Morgan fingerprint density at radius 1 is 0.744 bits per heavy atom. The Hall–Kier alpha value is -3.56. The molecular formula is C34H44O8S. The maximum absolute atomic E-state index is 14.4. The third kappa shape index (κ3) is 8.74. The average Bonchev–Trinajstić information content (AvgIpc) is 3.02. The van der Waals surface area contributed by atoms with Gasteiger partial charge in [-0.1, -0.05) is 42.5 Å². The van der Waals surface area contributed by atoms with Crippen molar-refractivity contribution in [2.75, 3.05) is 42.2 Å². The van der Waals surface area contributed by atoms with Crippen LogP contribution in [0.2, 0.25) is 0 Å². The molecule has 0 aromatic heterocycles. The SMILES string of the molecule is COC(=O)[C@@H](Cc1ccc(OC)c(OC)c1)[C@H](COCc1ccccc1)[C@H](c1ccc(OC)c(OC)c1)[S@](=O)C(C)(C)C. The third-order valence-electron chi connectivity index (χ3n) is 7.31. The molecule has 3 aromatic carbocycles. The van der Waals surface area contributed by atoms with Crippen LogP contribution in [0.1, 0.15) is 42.7 Å². The van der Waals surface area contributed by atoms with Crippen LogP contribution >= 0.6 is 0 Å². The lowest BCUT2D eigenvalue weighted by molar-refractivity contribution is -0.148. The summed E-state index contributed by atoms with van der Waals surface area (Å²) in [5, 5.41) is -0.611. The summed E-state index contributed by atoms with van der Waals surface area (Å²) < 4.78 is 47.5. The molecule has 3 aromatic rings. The average molecular weight is 613 g/mol. The van der Waals surface area contributed by atoms with E-state index in [0.29, 0.717) is 36.0 Å². The molecule has 8 nitrogen and oxygen atoms in total. The normalized spacial score (nSPS) is 14.2. The number of hydrogen-bond donors (Lipinski definition) is 0. The van der Waals surface area contributed by atoms with E-state index in [1.807, 2.05) is 81.4 Å². The van der Waals surface area contributed by atoms with E-state index >= 15 is 0 Å². The molecule has 0 fully saturated rings. The molecule has 0 unspecified atom stereocenters. The summed E-state index contributed by atoms with van der Waals surface area (Å²) in [6.07, 6.45) is 0.303. The first kappa shape index (κ1) is 33.9. The molecule has 43 heavy (non-hydrogen) atoms. The van der Waals surface area contributed by atoms with Crippen molar-refractivity contribution in [2.24, 2.45) is 11.8 Å². The number of methoxy groups -OCH3 is 5. The highest BCUT2D eigenvalue weighted by atomic mass is 32.2. The van der Waals surface area contributed by atoms with Crippen molar-refractivity contribution in [3.63, 3.8) is 0 Å². The quantitative estimate of drug-likeness (QED) is 0.188. The van der Waals surface area contributed by atoms with Gasteiger partial charge in [-0.15, -0.1) is 0 Å². The fraction of sp³-hybridized carbons (Fsp3) is 0.441. The number of hydrogen-bond acceptors (Lipinski definition) is 8. The van der Waals surface area contributed by atoms with E-state index in [9.17, 15) is 9.00 Å². The van der Waals surface area contributed by atoms with Crippen molar-refractivity contribution in [1.82, 2.24) is 0 Å². The van der Waals surface area contributed by atoms with Gasteiger partial charge < -0.3 is 28.4 Å². The highest BCUT2D eigenvalue weighted by Gasteiger charge is 2.42. The first-order valence-electron chi connectivity index (χ1n) is 14.1. The number of rotatable bonds is 15. The number of esters is 1. The van der Waals surface area contributed by atoms with Crippen molar-refractivity contribution in [1.29, 1.82) is 0 Å². The standard InChI is InChI=1S/C34H44O8S/c1-34(2,3)43(36)32(25-15-17-29(38-5)31(20-25)40-7)27(22-42-21-23-12-10-9-11-13-23)26(33(35)41-8)18-24-14-16-28(37-4)30(19-24)39-6/h9-17,19-20,26-27,32H,18,21-22H2,1-8H3/t26-,27-,32-,43-/m0/s1. The van der Waals surface area contributed by atoms with Crippen LogP contribution in [0, 0.1) is 11.8 Å². The van der Waals surface area contributed by atoms with Crippen molar-refractivity contribution in [2.45, 2.75) is 43.8 Å². The Labute approximate surface area is 258 Å². The lowest BCUT2D eigenvalue weighted by Gasteiger charge is -2.36. The van der Waals surface area contributed by atoms with E-state index in [4.69, 9.17) is 28.4 Å². The second-order valence-corrected chi connectivity index (χ2v) is 13.5. The van der Waals surface area contributed by atoms with Crippen molar-refractivity contribution in [3.8, 4) is 23.0 Å². The van der Waals surface area contributed by atoms with E-state index < -0.39 is 38.6 Å². The van der Waals surface area contributed by atoms with Gasteiger partial charge in [0.15, 0.2) is 23.0 Å². The minimum absolute atomic E-state index is 0.156. The summed E-state index contributed by atoms with van der Waals surface area (Å²) in [5.74, 6) is 0.536. The molecule has 0 aliphatic rings. The van der Waals surface area contributed by atoms with E-state index in [0.717, 1.165) is 16.7 Å². The van der Waals surface area contributed by atoms with Gasteiger partial charge in [-0.25, -0.2) is 0 Å². The van der Waals surface area contributed by atoms with Gasteiger partial charge in [0.1, 0.15) is 0 Å². The Morgan fingerprint density at radius 2 is 1.33 bits per heavy atom. The van der Waals surface area contributed by atoms with Crippen LogP contribution in [0.3, 0.4) is 0 Å². The molecule has 0 radical (unpaired) electrons. The van der Waals surface area contributed by atoms with Crippen LogP contribution in [0.5, 0.6) is 23.0 Å². The summed E-state index contributed by atoms with van der Waals surface area (Å²) in [6.45, 7) is 6.28. The molecular weight excluding hydrogens is 568 g/mol. The molecule has 0 heterocycles. The van der Waals surface area contributed by atoms with E-state index in [1.54, 1.807) is 34.5 Å². The van der Waals surface area contributed by atoms with Crippen molar-refractivity contribution >= 4 is 16.8 Å². The minimum atomic E-state index is -1.46. The van der Waals surface area contributed by atoms with Crippen LogP contribution in [0.25, 0.3) is 0 Å². The van der Waals surface area contributed by atoms with Crippen molar-refractivity contribution in [3.05, 3.63) is 83.4 Å². The predicted molar refractivity (Wildman–Crippen MR) is 169 cm³/mol. The van der Waals surface area contributed by atoms with Gasteiger partial charge in [-0.05, 0) is 68.1 Å². The van der Waals surface area contributed by atoms with Gasteiger partial charge in [0.2, 0.25) is 0 Å². The minimum Gasteiger partial charge on any atom is -0.493 e. The molecule has 0 aliphatic heterocycles. The maximum Gasteiger partial charge on any atom is 0.309 e. The lowest BCUT2D eigenvalue weighted by Crippen LogP contribution is -2.39. The highest BCUT2D eigenvalue weighted by Crippen LogP contribution is 2.43. The van der Waals surface area contributed by atoms with Crippen molar-refractivity contribution < 1.29 is 37.4 Å². The number of ether oxygens (including phenoxy) is 6. The van der Waals surface area contributed by atoms with Gasteiger partial charge in [-0.2, -0.15) is 0 Å². The summed E-state index contributed by atoms with van der Waals surface area (Å²) in [4.78, 5) is 13.6. The third-order valence-corrected chi connectivity index (χ3v) is 9.60. The van der Waals surface area contributed by atoms with E-state index in [2.05, 4.69) is 0 Å². The summed E-state index contributed by atoms with van der Waals surface area (Å²) in [5.41, 5.74) is 2.59. The largest absolute Gasteiger partial charge is 0.493 e. The molecule has 234 valence electrons. The van der Waals surface area contributed by atoms with Gasteiger partial charge in [-0.3, -0.25) is 9.00 Å². The summed E-state index contributed by atoms with van der Waals surface area (Å²) in [6, 6.07) is 20.9. The van der Waals surface area contributed by atoms with Crippen LogP contribution in [0.4, 0.5) is 0 Å². The summed E-state index contributed by atoms with van der Waals surface area (Å²) >= 11 is 0. The fourth-order valence-corrected chi connectivity index (χ4v) is 6.81. The molecule has 0 spiro atoms. The predicted octanol–water partition coefficient (Wildman–Crippen LogP) is 6.17. The molecule has 0 saturated heterocycles. The van der Waals surface area contributed by atoms with Gasteiger partial charge >= 0.3 is 5.97 Å². The van der Waals surface area contributed by atoms with Gasteiger partial charge in [0.25, 0.3) is 0 Å². The molecule has 3 rings (SSSR count).